The van der Waals surface area contributed by atoms with E-state index in [9.17, 15) is 5.11 Å². The lowest BCUT2D eigenvalue weighted by atomic mass is 10.2. The minimum Gasteiger partial charge on any atom is -0.494 e. The Morgan fingerprint density at radius 2 is 2.37 bits per heavy atom. The molecule has 1 saturated heterocycles. The maximum atomic E-state index is 9.77. The van der Waals surface area contributed by atoms with E-state index in [-0.39, 0.29) is 12.8 Å². The van der Waals surface area contributed by atoms with Gasteiger partial charge in [0.25, 0.3) is 0 Å². The van der Waals surface area contributed by atoms with Gasteiger partial charge in [0, 0.05) is 18.7 Å². The van der Waals surface area contributed by atoms with E-state index < -0.39 is 12.2 Å². The molecule has 0 radical (unpaired) electrons. The van der Waals surface area contributed by atoms with Crippen molar-refractivity contribution in [2.45, 2.75) is 24.9 Å². The number of aromatic nitrogens is 3. The summed E-state index contributed by atoms with van der Waals surface area (Å²) in [5, 5.41) is 18.9. The molecule has 3 atom stereocenters. The summed E-state index contributed by atoms with van der Waals surface area (Å²) >= 11 is 0. The Bertz CT molecular complexity index is 585. The second-order valence-electron chi connectivity index (χ2n) is 4.45. The molecular weight excluding hydrogens is 250 g/mol. The summed E-state index contributed by atoms with van der Waals surface area (Å²) in [6, 6.07) is 1.74. The van der Waals surface area contributed by atoms with E-state index in [0.717, 1.165) is 0 Å². The van der Waals surface area contributed by atoms with Crippen LogP contribution in [0.15, 0.2) is 18.6 Å². The average molecular weight is 265 g/mol. The number of ether oxygens (including phenoxy) is 2. The molecule has 2 N–H and O–H groups in total. The largest absolute Gasteiger partial charge is 0.494 e. The van der Waals surface area contributed by atoms with E-state index in [1.165, 1.54) is 0 Å². The second-order valence-corrected chi connectivity index (χ2v) is 4.45. The fourth-order valence-electron chi connectivity index (χ4n) is 2.34. The summed E-state index contributed by atoms with van der Waals surface area (Å²) in [5.74, 6) is 0.640. The molecule has 0 spiro atoms. The van der Waals surface area contributed by atoms with Crippen molar-refractivity contribution < 1.29 is 19.7 Å². The Morgan fingerprint density at radius 1 is 1.53 bits per heavy atom. The number of methoxy groups -OCH3 is 1. The zero-order valence-electron chi connectivity index (χ0n) is 10.4. The molecule has 0 amide bonds. The van der Waals surface area contributed by atoms with Crippen LogP contribution in [-0.4, -0.2) is 50.7 Å². The SMILES string of the molecule is COc1ccnc2c1ncn2[C@H]1C[C@H](O)[C@@H](CO)O1. The molecule has 3 heterocycles. The van der Waals surface area contributed by atoms with Crippen LogP contribution < -0.4 is 4.74 Å². The standard InChI is InChI=1S/C12H15N3O4/c1-18-8-2-3-13-12-11(8)14-6-15(12)10-4-7(17)9(5-16)19-10/h2-3,6-7,9-10,16-17H,4-5H2,1H3/t7-,9+,10+/m0/s1. The molecule has 0 bridgehead atoms. The molecule has 0 aliphatic carbocycles. The highest BCUT2D eigenvalue weighted by Crippen LogP contribution is 2.32. The van der Waals surface area contributed by atoms with Crippen molar-refractivity contribution >= 4 is 11.2 Å². The van der Waals surface area contributed by atoms with Gasteiger partial charge in [-0.3, -0.25) is 4.57 Å². The number of hydrogen-bond donors (Lipinski definition) is 2. The van der Waals surface area contributed by atoms with E-state index in [4.69, 9.17) is 14.6 Å². The van der Waals surface area contributed by atoms with E-state index in [1.54, 1.807) is 30.3 Å². The lowest BCUT2D eigenvalue weighted by Gasteiger charge is -2.13. The summed E-state index contributed by atoms with van der Waals surface area (Å²) < 4.78 is 12.6. The van der Waals surface area contributed by atoms with Gasteiger partial charge in [-0.15, -0.1) is 0 Å². The minimum absolute atomic E-state index is 0.207. The molecule has 7 heteroatoms. The maximum absolute atomic E-state index is 9.77. The molecule has 102 valence electrons. The van der Waals surface area contributed by atoms with Gasteiger partial charge < -0.3 is 19.7 Å². The highest BCUT2D eigenvalue weighted by atomic mass is 16.5. The highest BCUT2D eigenvalue weighted by Gasteiger charge is 2.35. The van der Waals surface area contributed by atoms with Crippen LogP contribution in [0.25, 0.3) is 11.2 Å². The predicted molar refractivity (Wildman–Crippen MR) is 65.7 cm³/mol. The number of imidazole rings is 1. The number of fused-ring (bicyclic) bond motifs is 1. The molecule has 1 aliphatic rings. The Morgan fingerprint density at radius 3 is 3.05 bits per heavy atom. The summed E-state index contributed by atoms with van der Waals surface area (Å²) in [4.78, 5) is 8.53. The molecule has 0 aromatic carbocycles. The molecular formula is C12H15N3O4. The lowest BCUT2D eigenvalue weighted by molar-refractivity contribution is -0.0432. The topological polar surface area (TPSA) is 89.6 Å². The van der Waals surface area contributed by atoms with Crippen molar-refractivity contribution in [3.05, 3.63) is 18.6 Å². The van der Waals surface area contributed by atoms with Gasteiger partial charge >= 0.3 is 0 Å². The van der Waals surface area contributed by atoms with Crippen LogP contribution >= 0.6 is 0 Å². The minimum atomic E-state index is -0.682. The highest BCUT2D eigenvalue weighted by molar-refractivity contribution is 5.77. The Labute approximate surface area is 109 Å². The van der Waals surface area contributed by atoms with Gasteiger partial charge in [-0.1, -0.05) is 0 Å². The smallest absolute Gasteiger partial charge is 0.165 e. The van der Waals surface area contributed by atoms with E-state index >= 15 is 0 Å². The van der Waals surface area contributed by atoms with Crippen LogP contribution in [0, 0.1) is 0 Å². The van der Waals surface area contributed by atoms with Crippen molar-refractivity contribution in [3.63, 3.8) is 0 Å². The van der Waals surface area contributed by atoms with Crippen molar-refractivity contribution in [2.75, 3.05) is 13.7 Å². The molecule has 2 aromatic heterocycles. The third-order valence-corrected chi connectivity index (χ3v) is 3.34. The molecule has 1 aliphatic heterocycles. The quantitative estimate of drug-likeness (QED) is 0.817. The summed E-state index contributed by atoms with van der Waals surface area (Å²) in [6.07, 6.45) is 2.02. The first-order chi connectivity index (χ1) is 9.24. The van der Waals surface area contributed by atoms with Crippen molar-refractivity contribution in [3.8, 4) is 5.75 Å². The van der Waals surface area contributed by atoms with E-state index in [0.29, 0.717) is 23.3 Å². The number of aliphatic hydroxyl groups is 2. The van der Waals surface area contributed by atoms with Gasteiger partial charge in [0.2, 0.25) is 0 Å². The second kappa shape index (κ2) is 4.76. The fraction of sp³-hybridized carbons (Fsp3) is 0.500. The Kier molecular flexibility index (Phi) is 3.09. The molecule has 3 rings (SSSR count). The first kappa shape index (κ1) is 12.3. The molecule has 19 heavy (non-hydrogen) atoms. The molecule has 1 fully saturated rings. The summed E-state index contributed by atoms with van der Waals surface area (Å²) in [5.41, 5.74) is 1.28. The van der Waals surface area contributed by atoms with Crippen LogP contribution in [0.3, 0.4) is 0 Å². The van der Waals surface area contributed by atoms with Crippen LogP contribution in [0.4, 0.5) is 0 Å². The Hall–Kier alpha value is -1.70. The Balaban J connectivity index is 1.98. The van der Waals surface area contributed by atoms with Gasteiger partial charge in [-0.05, 0) is 0 Å². The van der Waals surface area contributed by atoms with Gasteiger partial charge in [-0.25, -0.2) is 9.97 Å². The van der Waals surface area contributed by atoms with Crippen LogP contribution in [0.2, 0.25) is 0 Å². The van der Waals surface area contributed by atoms with Gasteiger partial charge in [0.15, 0.2) is 5.65 Å². The first-order valence-corrected chi connectivity index (χ1v) is 6.04. The van der Waals surface area contributed by atoms with Crippen LogP contribution in [-0.2, 0) is 4.74 Å². The average Bonchev–Trinajstić information content (AvgIpc) is 3.01. The third kappa shape index (κ3) is 1.95. The number of hydrogen-bond acceptors (Lipinski definition) is 6. The number of rotatable bonds is 3. The predicted octanol–water partition coefficient (Wildman–Crippen LogP) is 0.0806. The van der Waals surface area contributed by atoms with Gasteiger partial charge in [0.05, 0.1) is 26.1 Å². The van der Waals surface area contributed by atoms with Gasteiger partial charge in [-0.2, -0.15) is 0 Å². The molecule has 2 aromatic rings. The summed E-state index contributed by atoms with van der Waals surface area (Å²) in [7, 11) is 1.57. The molecule has 7 nitrogen and oxygen atoms in total. The number of nitrogens with zero attached hydrogens (tertiary/aromatic N) is 3. The van der Waals surface area contributed by atoms with E-state index in [2.05, 4.69) is 9.97 Å². The molecule has 0 unspecified atom stereocenters. The number of aliphatic hydroxyl groups excluding tert-OH is 2. The molecule has 0 saturated carbocycles. The van der Waals surface area contributed by atoms with Crippen molar-refractivity contribution in [1.29, 1.82) is 0 Å². The monoisotopic (exact) mass is 265 g/mol. The summed E-state index contributed by atoms with van der Waals surface area (Å²) in [6.45, 7) is -0.207. The normalized spacial score (nSPS) is 27.0. The maximum Gasteiger partial charge on any atom is 0.165 e. The van der Waals surface area contributed by atoms with Crippen molar-refractivity contribution in [1.82, 2.24) is 14.5 Å². The van der Waals surface area contributed by atoms with Crippen LogP contribution in [0.1, 0.15) is 12.6 Å². The third-order valence-electron chi connectivity index (χ3n) is 3.34. The van der Waals surface area contributed by atoms with Crippen molar-refractivity contribution in [2.24, 2.45) is 0 Å². The van der Waals surface area contributed by atoms with Crippen LogP contribution in [0.5, 0.6) is 5.75 Å². The zero-order valence-corrected chi connectivity index (χ0v) is 10.4. The lowest BCUT2D eigenvalue weighted by Crippen LogP contribution is -2.24. The van der Waals surface area contributed by atoms with E-state index in [1.807, 2.05) is 0 Å². The number of pyridine rings is 1. The fourth-order valence-corrected chi connectivity index (χ4v) is 2.34. The first-order valence-electron chi connectivity index (χ1n) is 6.04. The van der Waals surface area contributed by atoms with Gasteiger partial charge in [0.1, 0.15) is 23.6 Å². The zero-order chi connectivity index (χ0) is 13.4.